The molecule has 1 aromatic carbocycles. The highest BCUT2D eigenvalue weighted by atomic mass is 35.5. The smallest absolute Gasteiger partial charge is 0.234 e. The molecule has 0 spiro atoms. The number of imide groups is 1. The molecule has 1 N–H and O–H groups in total. The number of hydrogen-bond acceptors (Lipinski definition) is 3. The van der Waals surface area contributed by atoms with Gasteiger partial charge in [0.2, 0.25) is 11.8 Å². The Morgan fingerprint density at radius 1 is 1.29 bits per heavy atom. The van der Waals surface area contributed by atoms with Crippen LogP contribution in [-0.2, 0) is 9.59 Å². The van der Waals surface area contributed by atoms with Gasteiger partial charge in [0.05, 0.1) is 10.7 Å². The van der Waals surface area contributed by atoms with Crippen molar-refractivity contribution < 1.29 is 14.7 Å². The van der Waals surface area contributed by atoms with Crippen LogP contribution >= 0.6 is 11.6 Å². The molecule has 0 radical (unpaired) electrons. The molecular weight excluding hydrogens is 242 g/mol. The number of nitrogens with zero attached hydrogens (tertiary/aromatic N) is 1. The summed E-state index contributed by atoms with van der Waals surface area (Å²) >= 11 is 5.92. The molecule has 5 heteroatoms. The van der Waals surface area contributed by atoms with Crippen LogP contribution in [0.25, 0.3) is 0 Å². The van der Waals surface area contributed by atoms with E-state index in [1.165, 1.54) is 18.2 Å². The molecule has 1 aliphatic rings. The summed E-state index contributed by atoms with van der Waals surface area (Å²) in [6, 6.07) is 4.19. The van der Waals surface area contributed by atoms with Crippen LogP contribution in [0.5, 0.6) is 5.75 Å². The Labute approximate surface area is 104 Å². The summed E-state index contributed by atoms with van der Waals surface area (Å²) in [7, 11) is 0. The van der Waals surface area contributed by atoms with Crippen molar-refractivity contribution >= 4 is 29.1 Å². The molecule has 90 valence electrons. The topological polar surface area (TPSA) is 57.6 Å². The van der Waals surface area contributed by atoms with E-state index in [1.54, 1.807) is 0 Å². The number of hydrogen-bond donors (Lipinski definition) is 1. The molecule has 1 fully saturated rings. The molecule has 0 aromatic heterocycles. The van der Waals surface area contributed by atoms with Gasteiger partial charge in [0.25, 0.3) is 0 Å². The second kappa shape index (κ2) is 4.37. The first-order valence-corrected chi connectivity index (χ1v) is 5.71. The van der Waals surface area contributed by atoms with E-state index >= 15 is 0 Å². The van der Waals surface area contributed by atoms with Gasteiger partial charge < -0.3 is 5.11 Å². The summed E-state index contributed by atoms with van der Waals surface area (Å²) in [5.74, 6) is -0.422. The van der Waals surface area contributed by atoms with Crippen molar-refractivity contribution in [2.45, 2.75) is 19.8 Å². The van der Waals surface area contributed by atoms with Gasteiger partial charge in [-0.2, -0.15) is 0 Å². The van der Waals surface area contributed by atoms with E-state index in [0.29, 0.717) is 18.5 Å². The van der Waals surface area contributed by atoms with Gasteiger partial charge in [-0.25, -0.2) is 4.90 Å². The third-order valence-electron chi connectivity index (χ3n) is 2.72. The second-order valence-corrected chi connectivity index (χ2v) is 4.68. The van der Waals surface area contributed by atoms with Crippen molar-refractivity contribution in [3.8, 4) is 5.75 Å². The van der Waals surface area contributed by atoms with Gasteiger partial charge in [-0.1, -0.05) is 18.5 Å². The Bertz CT molecular complexity index is 469. The maximum Gasteiger partial charge on any atom is 0.234 e. The number of aromatic hydroxyl groups is 1. The quantitative estimate of drug-likeness (QED) is 0.782. The lowest BCUT2D eigenvalue weighted by Gasteiger charge is -2.28. The molecule has 1 saturated heterocycles. The molecule has 4 nitrogen and oxygen atoms in total. The molecule has 0 unspecified atom stereocenters. The summed E-state index contributed by atoms with van der Waals surface area (Å²) in [5, 5.41) is 9.43. The van der Waals surface area contributed by atoms with Crippen LogP contribution in [0.1, 0.15) is 19.8 Å². The maximum absolute atomic E-state index is 11.8. The van der Waals surface area contributed by atoms with E-state index in [9.17, 15) is 14.7 Å². The van der Waals surface area contributed by atoms with Gasteiger partial charge in [-0.3, -0.25) is 9.59 Å². The van der Waals surface area contributed by atoms with Crippen LogP contribution in [0.2, 0.25) is 5.02 Å². The first kappa shape index (κ1) is 11.9. The van der Waals surface area contributed by atoms with Crippen molar-refractivity contribution in [3.63, 3.8) is 0 Å². The molecule has 2 amide bonds. The van der Waals surface area contributed by atoms with E-state index in [2.05, 4.69) is 0 Å². The summed E-state index contributed by atoms with van der Waals surface area (Å²) in [6.45, 7) is 1.87. The number of anilines is 1. The van der Waals surface area contributed by atoms with Crippen molar-refractivity contribution in [1.82, 2.24) is 0 Å². The minimum atomic E-state index is -0.249. The Morgan fingerprint density at radius 3 is 2.41 bits per heavy atom. The van der Waals surface area contributed by atoms with Crippen molar-refractivity contribution in [2.24, 2.45) is 5.92 Å². The van der Waals surface area contributed by atoms with Gasteiger partial charge in [0.15, 0.2) is 0 Å². The van der Waals surface area contributed by atoms with Crippen LogP contribution < -0.4 is 4.90 Å². The maximum atomic E-state index is 11.8. The number of benzene rings is 1. The summed E-state index contributed by atoms with van der Waals surface area (Å²) in [4.78, 5) is 24.8. The van der Waals surface area contributed by atoms with Gasteiger partial charge in [-0.05, 0) is 18.1 Å². The zero-order chi connectivity index (χ0) is 12.6. The average Bonchev–Trinajstić information content (AvgIpc) is 2.19. The Balaban J connectivity index is 2.38. The summed E-state index contributed by atoms with van der Waals surface area (Å²) < 4.78 is 0. The number of phenols is 1. The molecule has 0 bridgehead atoms. The number of rotatable bonds is 1. The second-order valence-electron chi connectivity index (χ2n) is 4.27. The predicted molar refractivity (Wildman–Crippen MR) is 64.0 cm³/mol. The van der Waals surface area contributed by atoms with Crippen molar-refractivity contribution in [1.29, 1.82) is 0 Å². The van der Waals surface area contributed by atoms with E-state index in [1.807, 2.05) is 6.92 Å². The van der Waals surface area contributed by atoms with E-state index < -0.39 is 0 Å². The standard InChI is InChI=1S/C12H12ClNO3/c1-7-4-11(16)14(12(17)5-7)10-3-2-8(15)6-9(10)13/h2-3,6-7,15H,4-5H2,1H3. The highest BCUT2D eigenvalue weighted by Crippen LogP contribution is 2.33. The lowest BCUT2D eigenvalue weighted by Crippen LogP contribution is -2.43. The fourth-order valence-electron chi connectivity index (χ4n) is 1.94. The zero-order valence-corrected chi connectivity index (χ0v) is 10.1. The zero-order valence-electron chi connectivity index (χ0n) is 9.31. The largest absolute Gasteiger partial charge is 0.508 e. The third-order valence-corrected chi connectivity index (χ3v) is 3.02. The number of amides is 2. The van der Waals surface area contributed by atoms with Crippen molar-refractivity contribution in [2.75, 3.05) is 4.90 Å². The molecular formula is C12H12ClNO3. The molecule has 0 aliphatic carbocycles. The van der Waals surface area contributed by atoms with Gasteiger partial charge in [-0.15, -0.1) is 0 Å². The number of carbonyl (C=O) groups is 2. The predicted octanol–water partition coefficient (Wildman–Crippen LogP) is 2.34. The highest BCUT2D eigenvalue weighted by Gasteiger charge is 2.32. The number of carbonyl (C=O) groups excluding carboxylic acids is 2. The van der Waals surface area contributed by atoms with Crippen LogP contribution in [0, 0.1) is 5.92 Å². The third kappa shape index (κ3) is 2.26. The molecule has 1 aliphatic heterocycles. The fourth-order valence-corrected chi connectivity index (χ4v) is 2.20. The van der Waals surface area contributed by atoms with Gasteiger partial charge in [0, 0.05) is 18.9 Å². The highest BCUT2D eigenvalue weighted by molar-refractivity contribution is 6.35. The summed E-state index contributed by atoms with van der Waals surface area (Å²) in [6.07, 6.45) is 0.673. The van der Waals surface area contributed by atoms with Gasteiger partial charge in [0.1, 0.15) is 5.75 Å². The lowest BCUT2D eigenvalue weighted by atomic mass is 9.97. The van der Waals surface area contributed by atoms with E-state index in [-0.39, 0.29) is 28.5 Å². The average molecular weight is 254 g/mol. The van der Waals surface area contributed by atoms with Crippen molar-refractivity contribution in [3.05, 3.63) is 23.2 Å². The van der Waals surface area contributed by atoms with Crippen LogP contribution in [0.4, 0.5) is 5.69 Å². The first-order chi connectivity index (χ1) is 7.99. The SMILES string of the molecule is CC1CC(=O)N(c2ccc(O)cc2Cl)C(=O)C1. The minimum absolute atomic E-state index is 0.00373. The Hall–Kier alpha value is -1.55. The van der Waals surface area contributed by atoms with E-state index in [4.69, 9.17) is 11.6 Å². The minimum Gasteiger partial charge on any atom is -0.508 e. The number of piperidine rings is 1. The number of halogens is 1. The van der Waals surface area contributed by atoms with Gasteiger partial charge >= 0.3 is 0 Å². The molecule has 2 rings (SSSR count). The monoisotopic (exact) mass is 253 g/mol. The number of phenolic OH excluding ortho intramolecular Hbond substituents is 1. The van der Waals surface area contributed by atoms with Crippen LogP contribution in [0.3, 0.4) is 0 Å². The normalized spacial score (nSPS) is 17.6. The molecule has 0 saturated carbocycles. The molecule has 17 heavy (non-hydrogen) atoms. The van der Waals surface area contributed by atoms with E-state index in [0.717, 1.165) is 4.90 Å². The molecule has 1 aromatic rings. The van der Waals surface area contributed by atoms with Crippen LogP contribution in [0.15, 0.2) is 18.2 Å². The summed E-state index contributed by atoms with van der Waals surface area (Å²) in [5.41, 5.74) is 0.339. The Kier molecular flexibility index (Phi) is 3.07. The first-order valence-electron chi connectivity index (χ1n) is 5.33. The Morgan fingerprint density at radius 2 is 1.88 bits per heavy atom. The molecule has 0 atom stereocenters. The van der Waals surface area contributed by atoms with Crippen LogP contribution in [-0.4, -0.2) is 16.9 Å². The lowest BCUT2D eigenvalue weighted by molar-refractivity contribution is -0.130. The molecule has 1 heterocycles. The fraction of sp³-hybridized carbons (Fsp3) is 0.333.